The predicted octanol–water partition coefficient (Wildman–Crippen LogP) is -3.60. The van der Waals surface area contributed by atoms with Crippen molar-refractivity contribution in [2.75, 3.05) is 0 Å². The van der Waals surface area contributed by atoms with Crippen LogP contribution in [-0.4, -0.2) is 9.52 Å². The fraction of sp³-hybridized carbons (Fsp3) is 0.393. The summed E-state index contributed by atoms with van der Waals surface area (Å²) in [6.07, 6.45) is 6.25. The summed E-state index contributed by atoms with van der Waals surface area (Å²) in [4.78, 5) is 0. The van der Waals surface area contributed by atoms with Crippen LogP contribution in [-0.2, 0) is 34.6 Å². The summed E-state index contributed by atoms with van der Waals surface area (Å²) in [5, 5.41) is 3.40. The molecule has 3 aromatic carbocycles. The quantitative estimate of drug-likeness (QED) is 0.153. The Morgan fingerprint density at radius 1 is 0.727 bits per heavy atom. The normalized spacial score (nSPS) is 10.2. The number of unbranched alkanes of at least 4 members (excludes halogenated alkanes) is 2. The Morgan fingerprint density at radius 3 is 1.82 bits per heavy atom. The van der Waals surface area contributed by atoms with E-state index in [0.717, 1.165) is 6.42 Å². The number of halogens is 3. The summed E-state index contributed by atoms with van der Waals surface area (Å²) in [5.74, 6) is 0. The smallest absolute Gasteiger partial charge is 1.00 e. The second-order valence-corrected chi connectivity index (χ2v) is 10.5. The maximum Gasteiger partial charge on any atom is 4.00 e. The van der Waals surface area contributed by atoms with Crippen molar-refractivity contribution >= 4 is 19.9 Å². The fourth-order valence-corrected chi connectivity index (χ4v) is 7.04. The first kappa shape index (κ1) is 34.8. The van der Waals surface area contributed by atoms with Crippen LogP contribution in [0.3, 0.4) is 0 Å². The SMILES string of the molecule is CCCCC[c-]1ccc(Cc2ccccc2)c1[SiH2]c1c(C)c(C)c(C)c(C)c1C.[Cl-].[Cl-].[Cl-].[Ti+4]. The van der Waals surface area contributed by atoms with E-state index in [1.165, 1.54) is 47.9 Å². The molecule has 178 valence electrons. The molecular formula is C28H37Cl3SiTi. The van der Waals surface area contributed by atoms with Gasteiger partial charge in [0, 0.05) is 0 Å². The Balaban J connectivity index is 0. The van der Waals surface area contributed by atoms with Crippen molar-refractivity contribution in [3.05, 3.63) is 87.0 Å². The number of hydrogen-bond donors (Lipinski definition) is 0. The van der Waals surface area contributed by atoms with Gasteiger partial charge in [-0.1, -0.05) is 80.1 Å². The van der Waals surface area contributed by atoms with Gasteiger partial charge < -0.3 is 37.2 Å². The summed E-state index contributed by atoms with van der Waals surface area (Å²) in [5.41, 5.74) is 12.2. The Labute approximate surface area is 238 Å². The van der Waals surface area contributed by atoms with E-state index in [0.29, 0.717) is 0 Å². The zero-order valence-electron chi connectivity index (χ0n) is 20.9. The zero-order valence-corrected chi connectivity index (χ0v) is 26.2. The van der Waals surface area contributed by atoms with E-state index >= 15 is 0 Å². The molecule has 0 aromatic heterocycles. The monoisotopic (exact) mass is 554 g/mol. The van der Waals surface area contributed by atoms with Crippen LogP contribution in [0.25, 0.3) is 0 Å². The van der Waals surface area contributed by atoms with Gasteiger partial charge in [-0.2, -0.15) is 22.4 Å². The minimum atomic E-state index is -0.517. The molecule has 0 aliphatic carbocycles. The summed E-state index contributed by atoms with van der Waals surface area (Å²) >= 11 is 0. The molecule has 5 heteroatoms. The van der Waals surface area contributed by atoms with E-state index in [1.807, 2.05) is 0 Å². The maximum atomic E-state index is 2.44. The Bertz CT molecular complexity index is 952. The number of benzene rings is 2. The molecule has 0 fully saturated rings. The van der Waals surface area contributed by atoms with E-state index in [4.69, 9.17) is 0 Å². The van der Waals surface area contributed by atoms with E-state index in [-0.39, 0.29) is 58.9 Å². The molecule has 0 saturated carbocycles. The van der Waals surface area contributed by atoms with Crippen LogP contribution in [0.15, 0.2) is 42.5 Å². The van der Waals surface area contributed by atoms with Crippen molar-refractivity contribution in [3.63, 3.8) is 0 Å². The van der Waals surface area contributed by atoms with Gasteiger partial charge in [0.05, 0.1) is 9.52 Å². The molecule has 0 bridgehead atoms. The third-order valence-electron chi connectivity index (χ3n) is 7.06. The second-order valence-electron chi connectivity index (χ2n) is 8.76. The molecule has 0 saturated heterocycles. The van der Waals surface area contributed by atoms with Crippen LogP contribution in [0, 0.1) is 34.6 Å². The topological polar surface area (TPSA) is 0 Å². The van der Waals surface area contributed by atoms with Crippen molar-refractivity contribution in [2.24, 2.45) is 0 Å². The molecule has 3 aromatic rings. The van der Waals surface area contributed by atoms with Crippen molar-refractivity contribution in [1.29, 1.82) is 0 Å². The molecule has 0 aliphatic rings. The maximum absolute atomic E-state index is 2.44. The van der Waals surface area contributed by atoms with Gasteiger partial charge in [-0.3, -0.25) is 0 Å². The Kier molecular flexibility index (Phi) is 17.2. The molecule has 0 heterocycles. The van der Waals surface area contributed by atoms with E-state index in [9.17, 15) is 0 Å². The first-order valence-electron chi connectivity index (χ1n) is 11.3. The van der Waals surface area contributed by atoms with E-state index in [1.54, 1.807) is 32.6 Å². The third kappa shape index (κ3) is 8.34. The molecule has 3 rings (SSSR count). The fourth-order valence-electron chi connectivity index (χ4n) is 4.64. The molecule has 0 amide bonds. The van der Waals surface area contributed by atoms with Crippen LogP contribution >= 0.6 is 0 Å². The Hall–Kier alpha value is -0.409. The van der Waals surface area contributed by atoms with Crippen molar-refractivity contribution in [3.8, 4) is 0 Å². The first-order valence-corrected chi connectivity index (χ1v) is 12.7. The van der Waals surface area contributed by atoms with Gasteiger partial charge in [0.1, 0.15) is 0 Å². The van der Waals surface area contributed by atoms with Crippen molar-refractivity contribution in [2.45, 2.75) is 73.6 Å². The minimum Gasteiger partial charge on any atom is -1.00 e. The molecule has 0 spiro atoms. The summed E-state index contributed by atoms with van der Waals surface area (Å²) in [7, 11) is -0.517. The number of rotatable bonds is 8. The average Bonchev–Trinajstić information content (AvgIpc) is 3.10. The van der Waals surface area contributed by atoms with Gasteiger partial charge in [-0.25, -0.2) is 6.07 Å². The van der Waals surface area contributed by atoms with Gasteiger partial charge in [0.2, 0.25) is 0 Å². The number of aryl methyl sites for hydroxylation is 1. The minimum absolute atomic E-state index is 0. The average molecular weight is 556 g/mol. The molecule has 0 aliphatic heterocycles. The van der Waals surface area contributed by atoms with Crippen LogP contribution in [0.4, 0.5) is 0 Å². The second kappa shape index (κ2) is 16.3. The van der Waals surface area contributed by atoms with Crippen molar-refractivity contribution in [1.82, 2.24) is 0 Å². The predicted molar refractivity (Wildman–Crippen MR) is 132 cm³/mol. The van der Waals surface area contributed by atoms with Crippen LogP contribution in [0.2, 0.25) is 0 Å². The van der Waals surface area contributed by atoms with Crippen molar-refractivity contribution < 1.29 is 58.9 Å². The van der Waals surface area contributed by atoms with Gasteiger partial charge >= 0.3 is 21.7 Å². The van der Waals surface area contributed by atoms with Gasteiger partial charge in [0.15, 0.2) is 0 Å². The van der Waals surface area contributed by atoms with E-state index in [2.05, 4.69) is 84.0 Å². The largest absolute Gasteiger partial charge is 4.00 e. The standard InChI is InChI=1S/C28H37Si.3ClH.Ti/c1-7-8-10-15-25-16-17-26(18-24-13-11-9-12-14-24)28(25)29-27-22(5)20(3)19(2)21(4)23(27)6;;;;/h9,11-14,16-17H,7-8,10,15,18,29H2,1-6H3;3*1H;/q-1;;;;+4/p-3. The molecule has 0 nitrogen and oxygen atoms in total. The van der Waals surface area contributed by atoms with Gasteiger partial charge in [0.25, 0.3) is 0 Å². The van der Waals surface area contributed by atoms with Gasteiger partial charge in [-0.05, 0) is 62.4 Å². The molecule has 0 radical (unpaired) electrons. The summed E-state index contributed by atoms with van der Waals surface area (Å²) < 4.78 is 0. The van der Waals surface area contributed by atoms with Crippen LogP contribution in [0.1, 0.15) is 70.7 Å². The summed E-state index contributed by atoms with van der Waals surface area (Å²) in [6.45, 7) is 13.9. The Morgan fingerprint density at radius 2 is 1.27 bits per heavy atom. The zero-order chi connectivity index (χ0) is 21.0. The molecule has 33 heavy (non-hydrogen) atoms. The van der Waals surface area contributed by atoms with Crippen LogP contribution < -0.4 is 47.6 Å². The molecular weight excluding hydrogens is 519 g/mol. The third-order valence-corrected chi connectivity index (χ3v) is 9.73. The number of hydrogen-bond acceptors (Lipinski definition) is 0. The molecule has 0 N–H and O–H groups in total. The molecule has 0 unspecified atom stereocenters. The first-order chi connectivity index (χ1) is 13.9. The van der Waals surface area contributed by atoms with Gasteiger partial charge in [-0.15, -0.1) is 0 Å². The molecule has 0 atom stereocenters. The van der Waals surface area contributed by atoms with Crippen LogP contribution in [0.5, 0.6) is 0 Å². The summed E-state index contributed by atoms with van der Waals surface area (Å²) in [6, 6.07) is 15.9. The van der Waals surface area contributed by atoms with E-state index < -0.39 is 9.52 Å².